The number of quaternary nitrogens is 1. The Morgan fingerprint density at radius 1 is 0.964 bits per heavy atom. The first-order valence-corrected chi connectivity index (χ1v) is 10.4. The molecule has 28 heavy (non-hydrogen) atoms. The Balaban J connectivity index is 1.92. The first-order valence-electron chi connectivity index (χ1n) is 10.4. The lowest BCUT2D eigenvalue weighted by Crippen LogP contribution is -2.91. The van der Waals surface area contributed by atoms with Crippen LogP contribution in [0.4, 0.5) is 0 Å². The van der Waals surface area contributed by atoms with Gasteiger partial charge in [-0.05, 0) is 55.0 Å². The van der Waals surface area contributed by atoms with E-state index in [2.05, 4.69) is 43.4 Å². The van der Waals surface area contributed by atoms with Crippen molar-refractivity contribution in [3.05, 3.63) is 59.7 Å². The summed E-state index contributed by atoms with van der Waals surface area (Å²) >= 11 is 0. The number of piperidine rings is 1. The number of unbranched alkanes of at least 4 members (excludes halogenated alkanes) is 1. The number of hydrogen-bond donors (Lipinski definition) is 2. The van der Waals surface area contributed by atoms with Crippen LogP contribution in [0, 0.1) is 5.92 Å². The molecule has 0 radical (unpaired) electrons. The van der Waals surface area contributed by atoms with Crippen LogP contribution in [0.1, 0.15) is 62.7 Å². The molecule has 0 aliphatic carbocycles. The molecule has 3 N–H and O–H groups in total. The van der Waals surface area contributed by atoms with Crippen molar-refractivity contribution >= 4 is 0 Å². The van der Waals surface area contributed by atoms with Crippen LogP contribution in [-0.4, -0.2) is 24.9 Å². The monoisotopic (exact) mass is 384 g/mol. The van der Waals surface area contributed by atoms with E-state index in [1.807, 2.05) is 24.3 Å². The first kappa shape index (κ1) is 20.7. The fraction of sp³-hybridized carbons (Fsp3) is 0.500. The van der Waals surface area contributed by atoms with Crippen molar-refractivity contribution in [1.82, 2.24) is 0 Å². The van der Waals surface area contributed by atoms with Crippen molar-refractivity contribution < 1.29 is 19.9 Å². The van der Waals surface area contributed by atoms with Gasteiger partial charge in [-0.1, -0.05) is 26.7 Å². The lowest BCUT2D eigenvalue weighted by Gasteiger charge is -2.45. The maximum Gasteiger partial charge on any atom is 0.118 e. The van der Waals surface area contributed by atoms with Crippen LogP contribution in [0.2, 0.25) is 0 Å². The minimum Gasteiger partial charge on any atom is -0.497 e. The fourth-order valence-electron chi connectivity index (χ4n) is 4.50. The molecule has 0 spiro atoms. The molecule has 4 atom stereocenters. The van der Waals surface area contributed by atoms with Gasteiger partial charge < -0.3 is 19.9 Å². The van der Waals surface area contributed by atoms with Crippen LogP contribution < -0.4 is 14.8 Å². The summed E-state index contributed by atoms with van der Waals surface area (Å²) in [6, 6.07) is 17.0. The summed E-state index contributed by atoms with van der Waals surface area (Å²) in [5.41, 5.74) is 1.81. The molecule has 0 unspecified atom stereocenters. The predicted molar refractivity (Wildman–Crippen MR) is 112 cm³/mol. The van der Waals surface area contributed by atoms with Gasteiger partial charge in [0.2, 0.25) is 0 Å². The number of ether oxygens (including phenoxy) is 2. The van der Waals surface area contributed by atoms with Crippen LogP contribution in [0.3, 0.4) is 0 Å². The minimum absolute atomic E-state index is 0.168. The molecular weight excluding hydrogens is 350 g/mol. The Bertz CT molecular complexity index is 743. The first-order chi connectivity index (χ1) is 13.5. The zero-order valence-corrected chi connectivity index (χ0v) is 17.5. The van der Waals surface area contributed by atoms with E-state index in [0.717, 1.165) is 37.2 Å². The van der Waals surface area contributed by atoms with Crippen LogP contribution in [0.15, 0.2) is 48.5 Å². The second kappa shape index (κ2) is 8.97. The number of aliphatic hydroxyl groups is 1. The molecule has 3 rings (SSSR count). The van der Waals surface area contributed by atoms with E-state index in [0.29, 0.717) is 0 Å². The minimum atomic E-state index is -0.667. The van der Waals surface area contributed by atoms with Gasteiger partial charge >= 0.3 is 0 Å². The molecule has 0 aromatic heterocycles. The molecular formula is C24H34NO3+. The molecule has 1 heterocycles. The highest BCUT2D eigenvalue weighted by Gasteiger charge is 2.48. The SMILES string of the molecule is CCCC[C@]1(O)C[C@H](c2ccc(OC)cc2)[NH2+][C@H](c2ccc(OC)cc2)[C@@H]1C. The van der Waals surface area contributed by atoms with Crippen molar-refractivity contribution in [2.45, 2.75) is 57.2 Å². The fourth-order valence-corrected chi connectivity index (χ4v) is 4.50. The van der Waals surface area contributed by atoms with Gasteiger partial charge in [0.15, 0.2) is 0 Å². The molecule has 1 saturated heterocycles. The molecule has 2 aromatic carbocycles. The Kier molecular flexibility index (Phi) is 6.63. The van der Waals surface area contributed by atoms with Crippen LogP contribution in [-0.2, 0) is 0 Å². The van der Waals surface area contributed by atoms with Crippen molar-refractivity contribution in [2.75, 3.05) is 14.2 Å². The van der Waals surface area contributed by atoms with Gasteiger partial charge in [0.25, 0.3) is 0 Å². The van der Waals surface area contributed by atoms with Crippen molar-refractivity contribution in [3.8, 4) is 11.5 Å². The van der Waals surface area contributed by atoms with E-state index in [1.165, 1.54) is 11.1 Å². The van der Waals surface area contributed by atoms with Crippen LogP contribution >= 0.6 is 0 Å². The highest BCUT2D eigenvalue weighted by atomic mass is 16.5. The third-order valence-corrected chi connectivity index (χ3v) is 6.41. The summed E-state index contributed by atoms with van der Waals surface area (Å²) in [6.07, 6.45) is 3.76. The van der Waals surface area contributed by atoms with Gasteiger partial charge in [0, 0.05) is 23.5 Å². The number of benzene rings is 2. The molecule has 152 valence electrons. The number of hydrogen-bond acceptors (Lipinski definition) is 3. The summed E-state index contributed by atoms with van der Waals surface area (Å²) in [5.74, 6) is 1.89. The average Bonchev–Trinajstić information content (AvgIpc) is 2.74. The smallest absolute Gasteiger partial charge is 0.118 e. The molecule has 1 aliphatic rings. The van der Waals surface area contributed by atoms with Gasteiger partial charge in [-0.2, -0.15) is 0 Å². The number of nitrogens with two attached hydrogens (primary N) is 1. The zero-order valence-electron chi connectivity index (χ0n) is 17.5. The molecule has 4 heteroatoms. The third kappa shape index (κ3) is 4.34. The third-order valence-electron chi connectivity index (χ3n) is 6.41. The van der Waals surface area contributed by atoms with Crippen molar-refractivity contribution in [3.63, 3.8) is 0 Å². The summed E-state index contributed by atoms with van der Waals surface area (Å²) in [6.45, 7) is 4.39. The van der Waals surface area contributed by atoms with E-state index in [-0.39, 0.29) is 18.0 Å². The standard InChI is InChI=1S/C24H33NO3/c1-5-6-15-24(26)16-22(18-7-11-20(27-3)12-8-18)25-23(17(24)2)19-9-13-21(28-4)14-10-19/h7-14,17,22-23,25-26H,5-6,15-16H2,1-4H3/p+1/t17-,22+,23-,24-/m0/s1. The number of methoxy groups -OCH3 is 2. The maximum atomic E-state index is 11.7. The van der Waals surface area contributed by atoms with Gasteiger partial charge in [-0.3, -0.25) is 0 Å². The highest BCUT2D eigenvalue weighted by molar-refractivity contribution is 5.31. The Labute approximate surface area is 168 Å². The lowest BCUT2D eigenvalue weighted by atomic mass is 9.70. The van der Waals surface area contributed by atoms with E-state index >= 15 is 0 Å². The Morgan fingerprint density at radius 2 is 1.50 bits per heavy atom. The van der Waals surface area contributed by atoms with Crippen LogP contribution in [0.5, 0.6) is 11.5 Å². The largest absolute Gasteiger partial charge is 0.497 e. The van der Waals surface area contributed by atoms with E-state index < -0.39 is 5.60 Å². The molecule has 0 bridgehead atoms. The second-order valence-electron chi connectivity index (χ2n) is 8.07. The molecule has 1 aliphatic heterocycles. The second-order valence-corrected chi connectivity index (χ2v) is 8.07. The van der Waals surface area contributed by atoms with E-state index in [1.54, 1.807) is 14.2 Å². The summed E-state index contributed by atoms with van der Waals surface area (Å²) in [7, 11) is 3.38. The van der Waals surface area contributed by atoms with E-state index in [9.17, 15) is 5.11 Å². The van der Waals surface area contributed by atoms with Gasteiger partial charge in [-0.15, -0.1) is 0 Å². The Hall–Kier alpha value is -2.04. The number of rotatable bonds is 7. The van der Waals surface area contributed by atoms with Crippen LogP contribution in [0.25, 0.3) is 0 Å². The normalized spacial score (nSPS) is 27.4. The predicted octanol–water partition coefficient (Wildman–Crippen LogP) is 4.01. The van der Waals surface area contributed by atoms with Crippen molar-refractivity contribution in [2.24, 2.45) is 5.92 Å². The molecule has 4 nitrogen and oxygen atoms in total. The molecule has 0 amide bonds. The van der Waals surface area contributed by atoms with Gasteiger partial charge in [-0.25, -0.2) is 0 Å². The summed E-state index contributed by atoms with van der Waals surface area (Å²) in [5, 5.41) is 14.1. The van der Waals surface area contributed by atoms with Gasteiger partial charge in [0.1, 0.15) is 23.6 Å². The van der Waals surface area contributed by atoms with Gasteiger partial charge in [0.05, 0.1) is 19.8 Å². The molecule has 0 saturated carbocycles. The van der Waals surface area contributed by atoms with E-state index in [4.69, 9.17) is 9.47 Å². The molecule has 2 aromatic rings. The topological polar surface area (TPSA) is 55.3 Å². The Morgan fingerprint density at radius 3 is 2.00 bits per heavy atom. The summed E-state index contributed by atoms with van der Waals surface area (Å²) in [4.78, 5) is 0. The molecule has 1 fully saturated rings. The summed E-state index contributed by atoms with van der Waals surface area (Å²) < 4.78 is 10.6. The highest BCUT2D eigenvalue weighted by Crippen LogP contribution is 2.41. The zero-order chi connectivity index (χ0) is 20.1. The average molecular weight is 385 g/mol. The quantitative estimate of drug-likeness (QED) is 0.758. The lowest BCUT2D eigenvalue weighted by molar-refractivity contribution is -0.756. The maximum absolute atomic E-state index is 11.7. The van der Waals surface area contributed by atoms with Crippen molar-refractivity contribution in [1.29, 1.82) is 0 Å².